The minimum absolute atomic E-state index is 0.107. The van der Waals surface area contributed by atoms with Crippen LogP contribution < -0.4 is 10.6 Å². The zero-order valence-corrected chi connectivity index (χ0v) is 11.4. The number of hydroxylamine groups is 3. The Morgan fingerprint density at radius 1 is 1.50 bits per heavy atom. The van der Waals surface area contributed by atoms with Gasteiger partial charge in [0.25, 0.3) is 0 Å². The predicted octanol–water partition coefficient (Wildman–Crippen LogP) is 2.11. The molecule has 0 unspecified atom stereocenters. The Labute approximate surface area is 117 Å². The van der Waals surface area contributed by atoms with Crippen LogP contribution in [0.3, 0.4) is 0 Å². The minimum Gasteiger partial charge on any atom is -0.395 e. The van der Waals surface area contributed by atoms with Gasteiger partial charge in [0.2, 0.25) is 5.75 Å². The van der Waals surface area contributed by atoms with Crippen molar-refractivity contribution in [2.75, 3.05) is 18.8 Å². The molecule has 1 aliphatic heterocycles. The number of carbonyl (C=O) groups excluding carboxylic acids is 1. The van der Waals surface area contributed by atoms with E-state index in [2.05, 4.69) is 5.92 Å². The van der Waals surface area contributed by atoms with Gasteiger partial charge in [-0.05, 0) is 12.1 Å². The third-order valence-corrected chi connectivity index (χ3v) is 3.73. The number of amides is 1. The van der Waals surface area contributed by atoms with E-state index in [9.17, 15) is 9.18 Å². The van der Waals surface area contributed by atoms with Gasteiger partial charge in [-0.3, -0.25) is 0 Å². The molecule has 1 aliphatic rings. The third kappa shape index (κ3) is 2.75. The summed E-state index contributed by atoms with van der Waals surface area (Å²) in [6, 6.07) is 3.89. The first-order valence-corrected chi connectivity index (χ1v) is 6.56. The molecule has 0 aromatic heterocycles. The summed E-state index contributed by atoms with van der Waals surface area (Å²) in [7, 11) is 0. The van der Waals surface area contributed by atoms with E-state index in [-0.39, 0.29) is 22.2 Å². The summed E-state index contributed by atoms with van der Waals surface area (Å²) in [5, 5.41) is 0. The first-order chi connectivity index (χ1) is 9.47. The van der Waals surface area contributed by atoms with Gasteiger partial charge >= 0.3 is 5.91 Å². The van der Waals surface area contributed by atoms with Crippen molar-refractivity contribution in [3.8, 4) is 18.1 Å². The summed E-state index contributed by atoms with van der Waals surface area (Å²) >= 11 is 0. The lowest BCUT2D eigenvalue weighted by molar-refractivity contribution is -1.02. The smallest absolute Gasteiger partial charge is 0.351 e. The summed E-state index contributed by atoms with van der Waals surface area (Å²) in [4.78, 5) is 17.8. The number of terminal acetylenes is 1. The second-order valence-electron chi connectivity index (χ2n) is 5.07. The fourth-order valence-corrected chi connectivity index (χ4v) is 2.41. The predicted molar refractivity (Wildman–Crippen MR) is 73.7 cm³/mol. The molecule has 5 heteroatoms. The molecule has 0 aliphatic carbocycles. The first kappa shape index (κ1) is 14.4. The number of carbonyl (C=O) groups is 1. The number of nitrogens with two attached hydrogens (primary N) is 1. The average molecular weight is 277 g/mol. The highest BCUT2D eigenvalue weighted by Crippen LogP contribution is 2.30. The monoisotopic (exact) mass is 277 g/mol. The molecule has 0 spiro atoms. The highest BCUT2D eigenvalue weighted by Gasteiger charge is 2.42. The number of hydrogen-bond acceptors (Lipinski definition) is 3. The third-order valence-electron chi connectivity index (χ3n) is 3.73. The van der Waals surface area contributed by atoms with Crippen molar-refractivity contribution in [2.45, 2.75) is 19.8 Å². The highest BCUT2D eigenvalue weighted by atomic mass is 19.1. The molecule has 2 N–H and O–H groups in total. The molecule has 0 atom stereocenters. The van der Waals surface area contributed by atoms with Crippen LogP contribution in [0.1, 0.15) is 19.8 Å². The van der Waals surface area contributed by atoms with Gasteiger partial charge in [-0.25, -0.2) is 9.18 Å². The number of anilines is 1. The minimum atomic E-state index is -0.435. The van der Waals surface area contributed by atoms with Crippen molar-refractivity contribution in [3.05, 3.63) is 24.0 Å². The molecular weight excluding hydrogens is 259 g/mol. The zero-order valence-electron chi connectivity index (χ0n) is 11.4. The number of likely N-dealkylation sites (tertiary alicyclic amines) is 1. The van der Waals surface area contributed by atoms with Crippen LogP contribution in [-0.4, -0.2) is 23.6 Å². The molecular formula is C15H18FN2O2+. The molecule has 2 rings (SSSR count). The molecule has 1 aromatic carbocycles. The van der Waals surface area contributed by atoms with E-state index in [0.717, 1.165) is 12.8 Å². The number of hydrogen-bond donors (Lipinski definition) is 1. The average Bonchev–Trinajstić information content (AvgIpc) is 2.42. The van der Waals surface area contributed by atoms with Crippen molar-refractivity contribution >= 4 is 11.6 Å². The van der Waals surface area contributed by atoms with E-state index in [1.165, 1.54) is 25.1 Å². The Morgan fingerprint density at radius 3 is 2.65 bits per heavy atom. The maximum atomic E-state index is 13.0. The number of benzene rings is 1. The number of quaternary nitrogens is 1. The summed E-state index contributed by atoms with van der Waals surface area (Å²) < 4.78 is 12.9. The van der Waals surface area contributed by atoms with Crippen molar-refractivity contribution in [2.24, 2.45) is 5.92 Å². The molecule has 0 saturated carbocycles. The molecule has 1 fully saturated rings. The summed E-state index contributed by atoms with van der Waals surface area (Å²) in [6.45, 7) is 2.48. The van der Waals surface area contributed by atoms with Crippen molar-refractivity contribution in [1.82, 2.24) is 0 Å². The molecule has 4 nitrogen and oxygen atoms in total. The lowest BCUT2D eigenvalue weighted by Gasteiger charge is -2.36. The van der Waals surface area contributed by atoms with Gasteiger partial charge in [0.15, 0.2) is 0 Å². The van der Waals surface area contributed by atoms with E-state index in [4.69, 9.17) is 17.0 Å². The van der Waals surface area contributed by atoms with Crippen molar-refractivity contribution in [3.63, 3.8) is 0 Å². The van der Waals surface area contributed by atoms with E-state index < -0.39 is 5.82 Å². The molecule has 1 heterocycles. The van der Waals surface area contributed by atoms with Gasteiger partial charge in [-0.2, -0.15) is 0 Å². The fraction of sp³-hybridized carbons (Fsp3) is 0.400. The van der Waals surface area contributed by atoms with Crippen LogP contribution in [0.25, 0.3) is 0 Å². The maximum absolute atomic E-state index is 13.0. The van der Waals surface area contributed by atoms with Crippen LogP contribution in [0.4, 0.5) is 10.1 Å². The number of nitrogens with zero attached hydrogens (tertiary/aromatic N) is 1. The number of piperidine rings is 1. The van der Waals surface area contributed by atoms with E-state index in [0.29, 0.717) is 18.8 Å². The second-order valence-corrected chi connectivity index (χ2v) is 5.07. The summed E-state index contributed by atoms with van der Waals surface area (Å²) in [5.41, 5.74) is 5.92. The van der Waals surface area contributed by atoms with Crippen molar-refractivity contribution < 1.29 is 18.7 Å². The molecule has 106 valence electrons. The quantitative estimate of drug-likeness (QED) is 0.512. The molecule has 1 aromatic rings. The van der Waals surface area contributed by atoms with Gasteiger partial charge in [0, 0.05) is 24.8 Å². The number of halogens is 1. The lowest BCUT2D eigenvalue weighted by atomic mass is 9.97. The van der Waals surface area contributed by atoms with Gasteiger partial charge in [-0.1, -0.05) is 4.65 Å². The van der Waals surface area contributed by atoms with E-state index >= 15 is 0 Å². The Morgan fingerprint density at radius 2 is 2.15 bits per heavy atom. The van der Waals surface area contributed by atoms with Crippen LogP contribution in [-0.2, 0) is 4.79 Å². The molecule has 1 amide bonds. The van der Waals surface area contributed by atoms with Gasteiger partial charge in [0.05, 0.1) is 12.6 Å². The lowest BCUT2D eigenvalue weighted by Crippen LogP contribution is -2.58. The van der Waals surface area contributed by atoms with Gasteiger partial charge in [-0.15, -0.1) is 12.3 Å². The fourth-order valence-electron chi connectivity index (χ4n) is 2.41. The van der Waals surface area contributed by atoms with Crippen LogP contribution in [0.2, 0.25) is 0 Å². The molecule has 0 radical (unpaired) electrons. The summed E-state index contributed by atoms with van der Waals surface area (Å²) in [6.07, 6.45) is 6.86. The molecule has 20 heavy (non-hydrogen) atoms. The second kappa shape index (κ2) is 5.51. The Hall–Kier alpha value is -2.06. The van der Waals surface area contributed by atoms with Crippen LogP contribution in [0.5, 0.6) is 5.75 Å². The Bertz CT molecular complexity index is 557. The zero-order chi connectivity index (χ0) is 14.8. The SMILES string of the molecule is C#CC1CC[N+](Oc2ccc(F)cc2N)(C(C)=O)CC1. The summed E-state index contributed by atoms with van der Waals surface area (Å²) in [5.74, 6) is 2.67. The normalized spacial score (nSPS) is 25.8. The molecule has 0 bridgehead atoms. The molecule has 1 saturated heterocycles. The Balaban J connectivity index is 2.23. The standard InChI is InChI=1S/C15H18FN2O2/c1-3-12-6-8-18(9-7-12,11(2)19)20-15-5-4-13(16)10-14(15)17/h1,4-5,10,12H,6-9,17H2,2H3/q+1. The van der Waals surface area contributed by atoms with E-state index in [1.807, 2.05) is 0 Å². The maximum Gasteiger partial charge on any atom is 0.351 e. The van der Waals surface area contributed by atoms with Crippen LogP contribution in [0, 0.1) is 24.1 Å². The number of rotatable bonds is 2. The van der Waals surface area contributed by atoms with Crippen LogP contribution in [0.15, 0.2) is 18.2 Å². The van der Waals surface area contributed by atoms with Gasteiger partial charge < -0.3 is 10.6 Å². The Kier molecular flexibility index (Phi) is 3.96. The highest BCUT2D eigenvalue weighted by molar-refractivity contribution is 5.65. The van der Waals surface area contributed by atoms with Gasteiger partial charge in [0.1, 0.15) is 18.9 Å². The first-order valence-electron chi connectivity index (χ1n) is 6.56. The van der Waals surface area contributed by atoms with E-state index in [1.54, 1.807) is 0 Å². The topological polar surface area (TPSA) is 52.3 Å². The number of nitrogen functional groups attached to an aromatic ring is 1. The van der Waals surface area contributed by atoms with Crippen LogP contribution >= 0.6 is 0 Å². The largest absolute Gasteiger partial charge is 0.395 e. The van der Waals surface area contributed by atoms with Crippen molar-refractivity contribution in [1.29, 1.82) is 0 Å².